The Hall–Kier alpha value is -1.44. The molecule has 3 N–H and O–H groups in total. The zero-order valence-electron chi connectivity index (χ0n) is 9.75. The Morgan fingerprint density at radius 2 is 2.22 bits per heavy atom. The van der Waals surface area contributed by atoms with Gasteiger partial charge in [-0.05, 0) is 30.7 Å². The number of nitrogens with two attached hydrogens (primary N) is 1. The van der Waals surface area contributed by atoms with Gasteiger partial charge in [-0.3, -0.25) is 0 Å². The second-order valence-corrected chi connectivity index (χ2v) is 6.51. The van der Waals surface area contributed by atoms with E-state index < -0.39 is 10.0 Å². The number of aryl methyl sites for hydroxylation is 1. The van der Waals surface area contributed by atoms with Gasteiger partial charge in [0, 0.05) is 17.3 Å². The fourth-order valence-corrected chi connectivity index (χ4v) is 3.12. The predicted molar refractivity (Wildman–Crippen MR) is 71.7 cm³/mol. The molecule has 1 aromatic heterocycles. The van der Waals surface area contributed by atoms with Gasteiger partial charge in [-0.2, -0.15) is 0 Å². The summed E-state index contributed by atoms with van der Waals surface area (Å²) < 4.78 is 26.5. The molecule has 2 rings (SSSR count). The van der Waals surface area contributed by atoms with Gasteiger partial charge in [-0.25, -0.2) is 18.1 Å². The number of rotatable bonds is 4. The number of hydrogen-bond acceptors (Lipinski definition) is 5. The molecule has 0 aliphatic heterocycles. The smallest absolute Gasteiger partial charge is 0.240 e. The van der Waals surface area contributed by atoms with E-state index in [-0.39, 0.29) is 11.4 Å². The van der Waals surface area contributed by atoms with Crippen LogP contribution in [0.3, 0.4) is 0 Å². The molecule has 0 saturated carbocycles. The van der Waals surface area contributed by atoms with Gasteiger partial charge < -0.3 is 5.73 Å². The van der Waals surface area contributed by atoms with E-state index in [0.29, 0.717) is 5.69 Å². The molecular formula is C11H13N3O2S2. The van der Waals surface area contributed by atoms with E-state index in [1.165, 1.54) is 17.4 Å². The first-order chi connectivity index (χ1) is 8.49. The molecule has 0 saturated heterocycles. The molecule has 0 amide bonds. The quantitative estimate of drug-likeness (QED) is 0.833. The van der Waals surface area contributed by atoms with Gasteiger partial charge in [0.2, 0.25) is 10.0 Å². The van der Waals surface area contributed by atoms with Crippen molar-refractivity contribution in [3.05, 3.63) is 40.3 Å². The molecule has 5 nitrogen and oxygen atoms in total. The second-order valence-electron chi connectivity index (χ2n) is 3.77. The van der Waals surface area contributed by atoms with E-state index >= 15 is 0 Å². The topological polar surface area (TPSA) is 85.1 Å². The summed E-state index contributed by atoms with van der Waals surface area (Å²) in [6.45, 7) is 1.97. The largest absolute Gasteiger partial charge is 0.399 e. The van der Waals surface area contributed by atoms with Crippen LogP contribution in [0, 0.1) is 6.92 Å². The van der Waals surface area contributed by atoms with Crippen LogP contribution in [0.4, 0.5) is 5.69 Å². The molecule has 0 bridgehead atoms. The van der Waals surface area contributed by atoms with Crippen molar-refractivity contribution >= 4 is 27.0 Å². The van der Waals surface area contributed by atoms with Crippen molar-refractivity contribution in [2.24, 2.45) is 0 Å². The Kier molecular flexibility index (Phi) is 3.65. The van der Waals surface area contributed by atoms with Gasteiger partial charge in [0.05, 0.1) is 11.4 Å². The highest BCUT2D eigenvalue weighted by molar-refractivity contribution is 7.89. The number of sulfonamides is 1. The Morgan fingerprint density at radius 1 is 1.44 bits per heavy atom. The SMILES string of the molecule is Cc1cc(S(=O)(=O)NCc2nccs2)ccc1N. The van der Waals surface area contributed by atoms with Gasteiger partial charge in [-0.1, -0.05) is 0 Å². The number of anilines is 1. The number of nitrogens with one attached hydrogen (secondary N) is 1. The van der Waals surface area contributed by atoms with Gasteiger partial charge >= 0.3 is 0 Å². The summed E-state index contributed by atoms with van der Waals surface area (Å²) in [5.74, 6) is 0. The first kappa shape index (κ1) is 13.0. The third kappa shape index (κ3) is 2.87. The number of thiazole rings is 1. The minimum Gasteiger partial charge on any atom is -0.399 e. The molecule has 0 atom stereocenters. The normalized spacial score (nSPS) is 11.6. The fraction of sp³-hybridized carbons (Fsp3) is 0.182. The molecule has 0 radical (unpaired) electrons. The molecule has 0 unspecified atom stereocenters. The second kappa shape index (κ2) is 5.05. The van der Waals surface area contributed by atoms with Crippen molar-refractivity contribution in [2.75, 3.05) is 5.73 Å². The maximum absolute atomic E-state index is 12.0. The summed E-state index contributed by atoms with van der Waals surface area (Å²) in [5, 5.41) is 2.53. The van der Waals surface area contributed by atoms with Gasteiger partial charge in [0.25, 0.3) is 0 Å². The number of aromatic nitrogens is 1. The molecule has 0 fully saturated rings. The highest BCUT2D eigenvalue weighted by Crippen LogP contribution is 2.17. The van der Waals surface area contributed by atoms with Gasteiger partial charge in [0.15, 0.2) is 0 Å². The summed E-state index contributed by atoms with van der Waals surface area (Å²) in [6, 6.07) is 4.64. The number of benzene rings is 1. The lowest BCUT2D eigenvalue weighted by Gasteiger charge is -2.07. The van der Waals surface area contributed by atoms with Crippen LogP contribution in [-0.2, 0) is 16.6 Å². The molecular weight excluding hydrogens is 270 g/mol. The summed E-state index contributed by atoms with van der Waals surface area (Å²) in [4.78, 5) is 4.23. The first-order valence-electron chi connectivity index (χ1n) is 5.23. The summed E-state index contributed by atoms with van der Waals surface area (Å²) in [7, 11) is -3.51. The highest BCUT2D eigenvalue weighted by atomic mass is 32.2. The van der Waals surface area contributed by atoms with Gasteiger partial charge in [-0.15, -0.1) is 11.3 Å². The van der Waals surface area contributed by atoms with Crippen molar-refractivity contribution in [2.45, 2.75) is 18.4 Å². The third-order valence-electron chi connectivity index (χ3n) is 2.45. The van der Waals surface area contributed by atoms with Crippen LogP contribution < -0.4 is 10.5 Å². The zero-order chi connectivity index (χ0) is 13.2. The van der Waals surface area contributed by atoms with Crippen LogP contribution >= 0.6 is 11.3 Å². The van der Waals surface area contributed by atoms with Crippen LogP contribution in [0.15, 0.2) is 34.7 Å². The van der Waals surface area contributed by atoms with E-state index in [2.05, 4.69) is 9.71 Å². The van der Waals surface area contributed by atoms with Crippen LogP contribution in [0.1, 0.15) is 10.6 Å². The van der Waals surface area contributed by atoms with E-state index in [1.807, 2.05) is 0 Å². The molecule has 0 aliphatic carbocycles. The Morgan fingerprint density at radius 3 is 2.83 bits per heavy atom. The molecule has 7 heteroatoms. The Labute approximate surface area is 110 Å². The molecule has 0 spiro atoms. The third-order valence-corrected chi connectivity index (χ3v) is 4.63. The minimum atomic E-state index is -3.51. The van der Waals surface area contributed by atoms with Crippen LogP contribution in [-0.4, -0.2) is 13.4 Å². The number of nitrogen functional groups attached to an aromatic ring is 1. The lowest BCUT2D eigenvalue weighted by Crippen LogP contribution is -2.23. The van der Waals surface area contributed by atoms with Crippen LogP contribution in [0.2, 0.25) is 0 Å². The summed E-state index contributed by atoms with van der Waals surface area (Å²) in [5.41, 5.74) is 6.98. The maximum atomic E-state index is 12.0. The fourth-order valence-electron chi connectivity index (χ4n) is 1.40. The average molecular weight is 283 g/mol. The van der Waals surface area contributed by atoms with E-state index in [9.17, 15) is 8.42 Å². The van der Waals surface area contributed by atoms with Crippen molar-refractivity contribution in [3.8, 4) is 0 Å². The van der Waals surface area contributed by atoms with E-state index in [4.69, 9.17) is 5.73 Å². The average Bonchev–Trinajstić information content (AvgIpc) is 2.83. The number of nitrogens with zero attached hydrogens (tertiary/aromatic N) is 1. The Balaban J connectivity index is 2.17. The summed E-state index contributed by atoms with van der Waals surface area (Å²) >= 11 is 1.41. The van der Waals surface area contributed by atoms with Gasteiger partial charge in [0.1, 0.15) is 5.01 Å². The van der Waals surface area contributed by atoms with Crippen LogP contribution in [0.5, 0.6) is 0 Å². The van der Waals surface area contributed by atoms with E-state index in [0.717, 1.165) is 10.6 Å². The molecule has 2 aromatic rings. The van der Waals surface area contributed by atoms with Crippen molar-refractivity contribution in [1.82, 2.24) is 9.71 Å². The monoisotopic (exact) mass is 283 g/mol. The zero-order valence-corrected chi connectivity index (χ0v) is 11.4. The van der Waals surface area contributed by atoms with Crippen molar-refractivity contribution < 1.29 is 8.42 Å². The molecule has 18 heavy (non-hydrogen) atoms. The standard InChI is InChI=1S/C11H13N3O2S2/c1-8-6-9(2-3-10(8)12)18(15,16)14-7-11-13-4-5-17-11/h2-6,14H,7,12H2,1H3. The molecule has 1 heterocycles. The van der Waals surface area contributed by atoms with E-state index in [1.54, 1.807) is 30.6 Å². The predicted octanol–water partition coefficient (Wildman–Crippen LogP) is 1.51. The lowest BCUT2D eigenvalue weighted by atomic mass is 10.2. The minimum absolute atomic E-state index is 0.198. The molecule has 96 valence electrons. The summed E-state index contributed by atoms with van der Waals surface area (Å²) in [6.07, 6.45) is 1.64. The van der Waals surface area contributed by atoms with Crippen molar-refractivity contribution in [1.29, 1.82) is 0 Å². The maximum Gasteiger partial charge on any atom is 0.240 e. The van der Waals surface area contributed by atoms with Crippen LogP contribution in [0.25, 0.3) is 0 Å². The number of hydrogen-bond donors (Lipinski definition) is 2. The first-order valence-corrected chi connectivity index (χ1v) is 7.59. The molecule has 1 aromatic carbocycles. The lowest BCUT2D eigenvalue weighted by molar-refractivity contribution is 0.581. The van der Waals surface area contributed by atoms with Crippen molar-refractivity contribution in [3.63, 3.8) is 0 Å². The Bertz CT molecular complexity index is 636. The highest BCUT2D eigenvalue weighted by Gasteiger charge is 2.14. The molecule has 0 aliphatic rings.